The highest BCUT2D eigenvalue weighted by Gasteiger charge is 2.31. The van der Waals surface area contributed by atoms with Crippen LogP contribution in [0.4, 0.5) is 4.79 Å². The van der Waals surface area contributed by atoms with Crippen molar-refractivity contribution < 1.29 is 19.4 Å². The van der Waals surface area contributed by atoms with Crippen LogP contribution in [0.15, 0.2) is 42.5 Å². The summed E-state index contributed by atoms with van der Waals surface area (Å²) in [6, 6.07) is 13.0. The predicted octanol–water partition coefficient (Wildman–Crippen LogP) is 2.98. The molecule has 3 N–H and O–H groups in total. The third-order valence-electron chi connectivity index (χ3n) is 4.80. The lowest BCUT2D eigenvalue weighted by molar-refractivity contribution is 0.142. The third-order valence-corrected chi connectivity index (χ3v) is 4.80. The van der Waals surface area contributed by atoms with Crippen LogP contribution < -0.4 is 20.1 Å². The number of rotatable bonds is 8. The van der Waals surface area contributed by atoms with Crippen molar-refractivity contribution in [3.8, 4) is 11.5 Å². The van der Waals surface area contributed by atoms with Gasteiger partial charge >= 0.3 is 6.03 Å². The minimum Gasteiger partial charge on any atom is -0.490 e. The van der Waals surface area contributed by atoms with Gasteiger partial charge in [-0.2, -0.15) is 0 Å². The number of fused-ring (bicyclic) bond motifs is 1. The number of ether oxygens (including phenoxy) is 2. The summed E-state index contributed by atoms with van der Waals surface area (Å²) >= 11 is 0. The number of hydrogen-bond acceptors (Lipinski definition) is 4. The standard InChI is InChI=1S/C22H28N2O4/c1-3-27-19-10-9-15(13-20(19)28-4-2)11-12-23-22(26)24-21-17-8-6-5-7-16(17)14-18(21)25/h5-10,13,18,21,25H,3-4,11-12,14H2,1-2H3,(H2,23,24,26)/t18-,21+/m1/s1. The first kappa shape index (κ1) is 20.0. The number of nitrogens with one attached hydrogen (secondary N) is 2. The summed E-state index contributed by atoms with van der Waals surface area (Å²) in [7, 11) is 0. The molecule has 6 heteroatoms. The van der Waals surface area contributed by atoms with E-state index in [2.05, 4.69) is 10.6 Å². The number of carbonyl (C=O) groups excluding carboxylic acids is 1. The average Bonchev–Trinajstić information content (AvgIpc) is 2.99. The van der Waals surface area contributed by atoms with E-state index in [1.165, 1.54) is 0 Å². The van der Waals surface area contributed by atoms with Crippen LogP contribution in [0.25, 0.3) is 0 Å². The molecule has 0 aromatic heterocycles. The second kappa shape index (κ2) is 9.46. The van der Waals surface area contributed by atoms with Crippen molar-refractivity contribution in [3.05, 3.63) is 59.2 Å². The molecule has 0 spiro atoms. The van der Waals surface area contributed by atoms with Crippen LogP contribution in [-0.2, 0) is 12.8 Å². The van der Waals surface area contributed by atoms with Crippen molar-refractivity contribution in [1.82, 2.24) is 10.6 Å². The van der Waals surface area contributed by atoms with Crippen LogP contribution in [0.1, 0.15) is 36.6 Å². The zero-order valence-electron chi connectivity index (χ0n) is 16.4. The molecule has 0 saturated carbocycles. The summed E-state index contributed by atoms with van der Waals surface area (Å²) in [5.41, 5.74) is 3.12. The Kier molecular flexibility index (Phi) is 6.76. The molecule has 2 aromatic carbocycles. The fraction of sp³-hybridized carbons (Fsp3) is 0.409. The molecule has 6 nitrogen and oxygen atoms in total. The first-order chi connectivity index (χ1) is 13.6. The minimum atomic E-state index is -0.594. The maximum absolute atomic E-state index is 12.3. The quantitative estimate of drug-likeness (QED) is 0.654. The largest absolute Gasteiger partial charge is 0.490 e. The van der Waals surface area contributed by atoms with Gasteiger partial charge in [0.2, 0.25) is 0 Å². The van der Waals surface area contributed by atoms with E-state index in [1.807, 2.05) is 56.3 Å². The fourth-order valence-electron chi connectivity index (χ4n) is 3.51. The van der Waals surface area contributed by atoms with Gasteiger partial charge in [0, 0.05) is 13.0 Å². The lowest BCUT2D eigenvalue weighted by Crippen LogP contribution is -2.41. The van der Waals surface area contributed by atoms with Crippen LogP contribution in [0.5, 0.6) is 11.5 Å². The summed E-state index contributed by atoms with van der Waals surface area (Å²) in [6.07, 6.45) is 0.639. The highest BCUT2D eigenvalue weighted by molar-refractivity contribution is 5.74. The average molecular weight is 384 g/mol. The molecule has 150 valence electrons. The maximum Gasteiger partial charge on any atom is 0.315 e. The van der Waals surface area contributed by atoms with Crippen molar-refractivity contribution in [2.24, 2.45) is 0 Å². The second-order valence-electron chi connectivity index (χ2n) is 6.75. The summed E-state index contributed by atoms with van der Waals surface area (Å²) in [5, 5.41) is 16.0. The van der Waals surface area contributed by atoms with Gasteiger partial charge in [-0.3, -0.25) is 0 Å². The Balaban J connectivity index is 1.52. The molecule has 1 aliphatic carbocycles. The first-order valence-electron chi connectivity index (χ1n) is 9.81. The third kappa shape index (κ3) is 4.75. The minimum absolute atomic E-state index is 0.281. The van der Waals surface area contributed by atoms with E-state index < -0.39 is 6.10 Å². The zero-order valence-corrected chi connectivity index (χ0v) is 16.4. The molecular formula is C22H28N2O4. The maximum atomic E-state index is 12.3. The predicted molar refractivity (Wildman–Crippen MR) is 108 cm³/mol. The molecule has 0 heterocycles. The van der Waals surface area contributed by atoms with E-state index in [4.69, 9.17) is 9.47 Å². The van der Waals surface area contributed by atoms with E-state index in [1.54, 1.807) is 0 Å². The van der Waals surface area contributed by atoms with Gasteiger partial charge in [0.1, 0.15) is 0 Å². The van der Waals surface area contributed by atoms with Gasteiger partial charge in [0.05, 0.1) is 25.4 Å². The molecule has 0 aliphatic heterocycles. The molecule has 2 aromatic rings. The van der Waals surface area contributed by atoms with Crippen molar-refractivity contribution in [3.63, 3.8) is 0 Å². The monoisotopic (exact) mass is 384 g/mol. The number of urea groups is 1. The Bertz CT molecular complexity index is 809. The molecular weight excluding hydrogens is 356 g/mol. The van der Waals surface area contributed by atoms with Crippen LogP contribution >= 0.6 is 0 Å². The van der Waals surface area contributed by atoms with Crippen LogP contribution in [0.3, 0.4) is 0 Å². The van der Waals surface area contributed by atoms with Gasteiger partial charge in [0.15, 0.2) is 11.5 Å². The Morgan fingerprint density at radius 3 is 2.64 bits per heavy atom. The molecule has 0 unspecified atom stereocenters. The van der Waals surface area contributed by atoms with Crippen LogP contribution in [0, 0.1) is 0 Å². The highest BCUT2D eigenvalue weighted by atomic mass is 16.5. The summed E-state index contributed by atoms with van der Waals surface area (Å²) in [5.74, 6) is 1.45. The highest BCUT2D eigenvalue weighted by Crippen LogP contribution is 2.31. The second-order valence-corrected chi connectivity index (χ2v) is 6.75. The summed E-state index contributed by atoms with van der Waals surface area (Å²) in [6.45, 7) is 5.50. The van der Waals surface area contributed by atoms with Gasteiger partial charge in [0.25, 0.3) is 0 Å². The normalized spacial score (nSPS) is 17.7. The molecule has 28 heavy (non-hydrogen) atoms. The van der Waals surface area contributed by atoms with Crippen molar-refractivity contribution in [2.75, 3.05) is 19.8 Å². The molecule has 0 saturated heterocycles. The van der Waals surface area contributed by atoms with Gasteiger partial charge in [-0.25, -0.2) is 4.79 Å². The molecule has 1 aliphatic rings. The SMILES string of the molecule is CCOc1ccc(CCNC(=O)N[C@H]2c3ccccc3C[C@H]2O)cc1OCC. The molecule has 0 fully saturated rings. The van der Waals surface area contributed by atoms with Gasteiger partial charge < -0.3 is 25.2 Å². The topological polar surface area (TPSA) is 79.8 Å². The first-order valence-corrected chi connectivity index (χ1v) is 9.81. The van der Waals surface area contributed by atoms with Crippen molar-refractivity contribution in [2.45, 2.75) is 38.8 Å². The van der Waals surface area contributed by atoms with Gasteiger partial charge in [-0.1, -0.05) is 30.3 Å². The van der Waals surface area contributed by atoms with Crippen LogP contribution in [0.2, 0.25) is 0 Å². The summed E-state index contributed by atoms with van der Waals surface area (Å²) in [4.78, 5) is 12.3. The fourth-order valence-corrected chi connectivity index (χ4v) is 3.51. The number of amides is 2. The number of carbonyl (C=O) groups is 1. The van der Waals surface area contributed by atoms with E-state index in [0.717, 1.165) is 28.2 Å². The Morgan fingerprint density at radius 2 is 1.86 bits per heavy atom. The lowest BCUT2D eigenvalue weighted by Gasteiger charge is -2.18. The Morgan fingerprint density at radius 1 is 1.11 bits per heavy atom. The van der Waals surface area contributed by atoms with Gasteiger partial charge in [-0.05, 0) is 49.1 Å². The van der Waals surface area contributed by atoms with E-state index in [9.17, 15) is 9.90 Å². The number of hydrogen-bond donors (Lipinski definition) is 3. The lowest BCUT2D eigenvalue weighted by atomic mass is 10.1. The van der Waals surface area contributed by atoms with Crippen LogP contribution in [-0.4, -0.2) is 37.0 Å². The van der Waals surface area contributed by atoms with E-state index >= 15 is 0 Å². The zero-order chi connectivity index (χ0) is 19.9. The Hall–Kier alpha value is -2.73. The van der Waals surface area contributed by atoms with E-state index in [0.29, 0.717) is 32.6 Å². The Labute approximate surface area is 165 Å². The molecule has 0 radical (unpaired) electrons. The van der Waals surface area contributed by atoms with Crippen molar-refractivity contribution in [1.29, 1.82) is 0 Å². The van der Waals surface area contributed by atoms with Crippen molar-refractivity contribution >= 4 is 6.03 Å². The molecule has 2 amide bonds. The molecule has 0 bridgehead atoms. The molecule has 2 atom stereocenters. The number of aliphatic hydroxyl groups excluding tert-OH is 1. The van der Waals surface area contributed by atoms with E-state index in [-0.39, 0.29) is 12.1 Å². The summed E-state index contributed by atoms with van der Waals surface area (Å²) < 4.78 is 11.2. The smallest absolute Gasteiger partial charge is 0.315 e. The van der Waals surface area contributed by atoms with Gasteiger partial charge in [-0.15, -0.1) is 0 Å². The number of benzene rings is 2. The molecule has 3 rings (SSSR count). The number of aliphatic hydroxyl groups is 1.